The molecule has 20 heavy (non-hydrogen) atoms. The topological polar surface area (TPSA) is 38.3 Å². The van der Waals surface area contributed by atoms with Gasteiger partial charge in [-0.3, -0.25) is 4.79 Å². The molecule has 1 N–H and O–H groups in total. The highest BCUT2D eigenvalue weighted by molar-refractivity contribution is 6.32. The van der Waals surface area contributed by atoms with Crippen LogP contribution in [0.3, 0.4) is 0 Å². The second-order valence-corrected chi connectivity index (χ2v) is 6.12. The molecule has 0 aliphatic heterocycles. The van der Waals surface area contributed by atoms with Crippen molar-refractivity contribution in [2.24, 2.45) is 11.8 Å². The Morgan fingerprint density at radius 3 is 2.15 bits per heavy atom. The van der Waals surface area contributed by atoms with Gasteiger partial charge >= 0.3 is 0 Å². The summed E-state index contributed by atoms with van der Waals surface area (Å²) in [4.78, 5) is 12.2. The molecular formula is C16H24ClNO2. The van der Waals surface area contributed by atoms with Crippen LogP contribution in [0, 0.1) is 11.8 Å². The molecule has 4 heteroatoms. The Bertz CT molecular complexity index is 438. The molecule has 1 amide bonds. The minimum atomic E-state index is -0.574. The van der Waals surface area contributed by atoms with Crippen molar-refractivity contribution in [2.75, 3.05) is 0 Å². The van der Waals surface area contributed by atoms with Crippen molar-refractivity contribution < 1.29 is 9.53 Å². The molecule has 1 aromatic carbocycles. The molecule has 112 valence electrons. The summed E-state index contributed by atoms with van der Waals surface area (Å²) in [5, 5.41) is 3.56. The van der Waals surface area contributed by atoms with Gasteiger partial charge in [0, 0.05) is 6.04 Å². The minimum Gasteiger partial charge on any atom is -0.479 e. The highest BCUT2D eigenvalue weighted by atomic mass is 35.5. The van der Waals surface area contributed by atoms with Crippen molar-refractivity contribution in [2.45, 2.75) is 46.8 Å². The number of amides is 1. The van der Waals surface area contributed by atoms with Crippen LogP contribution in [0.2, 0.25) is 5.02 Å². The van der Waals surface area contributed by atoms with Gasteiger partial charge in [0.15, 0.2) is 6.10 Å². The van der Waals surface area contributed by atoms with Crippen LogP contribution in [-0.4, -0.2) is 18.1 Å². The van der Waals surface area contributed by atoms with Gasteiger partial charge < -0.3 is 10.1 Å². The lowest BCUT2D eigenvalue weighted by molar-refractivity contribution is -0.128. The SMILES string of the molecule is CC(Oc1ccccc1Cl)C(=O)NC(C(C)C)C(C)C. The first-order chi connectivity index (χ1) is 9.32. The van der Waals surface area contributed by atoms with Crippen LogP contribution < -0.4 is 10.1 Å². The van der Waals surface area contributed by atoms with Gasteiger partial charge in [-0.2, -0.15) is 0 Å². The number of ether oxygens (including phenoxy) is 1. The molecular weight excluding hydrogens is 274 g/mol. The number of rotatable bonds is 6. The zero-order valence-electron chi connectivity index (χ0n) is 12.8. The fourth-order valence-corrected chi connectivity index (χ4v) is 2.35. The number of para-hydroxylation sites is 1. The molecule has 0 bridgehead atoms. The predicted octanol–water partition coefficient (Wildman–Crippen LogP) is 3.90. The molecule has 0 heterocycles. The summed E-state index contributed by atoms with van der Waals surface area (Å²) in [6, 6.07) is 7.30. The maximum atomic E-state index is 12.2. The van der Waals surface area contributed by atoms with Crippen LogP contribution in [0.1, 0.15) is 34.6 Å². The van der Waals surface area contributed by atoms with Crippen LogP contribution in [0.4, 0.5) is 0 Å². The number of hydrogen-bond donors (Lipinski definition) is 1. The molecule has 0 radical (unpaired) electrons. The fraction of sp³-hybridized carbons (Fsp3) is 0.562. The van der Waals surface area contributed by atoms with Crippen LogP contribution >= 0.6 is 11.6 Å². The third kappa shape index (κ3) is 4.71. The Morgan fingerprint density at radius 1 is 1.10 bits per heavy atom. The number of carbonyl (C=O) groups is 1. The summed E-state index contributed by atoms with van der Waals surface area (Å²) in [7, 11) is 0. The van der Waals surface area contributed by atoms with E-state index in [0.717, 1.165) is 0 Å². The van der Waals surface area contributed by atoms with Crippen LogP contribution in [0.25, 0.3) is 0 Å². The van der Waals surface area contributed by atoms with E-state index in [9.17, 15) is 4.79 Å². The molecule has 1 unspecified atom stereocenters. The first-order valence-electron chi connectivity index (χ1n) is 7.04. The van der Waals surface area contributed by atoms with Gasteiger partial charge in [-0.25, -0.2) is 0 Å². The van der Waals surface area contributed by atoms with Crippen molar-refractivity contribution in [3.8, 4) is 5.75 Å². The van der Waals surface area contributed by atoms with E-state index in [2.05, 4.69) is 33.0 Å². The summed E-state index contributed by atoms with van der Waals surface area (Å²) in [5.41, 5.74) is 0. The van der Waals surface area contributed by atoms with Gasteiger partial charge in [0.05, 0.1) is 5.02 Å². The third-order valence-electron chi connectivity index (χ3n) is 3.26. The standard InChI is InChI=1S/C16H24ClNO2/c1-10(2)15(11(3)4)18-16(19)12(5)20-14-9-7-6-8-13(14)17/h6-12,15H,1-5H3,(H,18,19). The van der Waals surface area contributed by atoms with Crippen LogP contribution in [0.15, 0.2) is 24.3 Å². The van der Waals surface area contributed by atoms with E-state index >= 15 is 0 Å². The average Bonchev–Trinajstić information content (AvgIpc) is 2.37. The highest BCUT2D eigenvalue weighted by Crippen LogP contribution is 2.24. The fourth-order valence-electron chi connectivity index (χ4n) is 2.17. The first-order valence-corrected chi connectivity index (χ1v) is 7.42. The van der Waals surface area contributed by atoms with Gasteiger partial charge in [0.25, 0.3) is 5.91 Å². The molecule has 0 spiro atoms. The monoisotopic (exact) mass is 297 g/mol. The Hall–Kier alpha value is -1.22. The molecule has 1 atom stereocenters. The van der Waals surface area contributed by atoms with Gasteiger partial charge in [0.1, 0.15) is 5.75 Å². The largest absolute Gasteiger partial charge is 0.479 e. The molecule has 0 aliphatic rings. The lowest BCUT2D eigenvalue weighted by Gasteiger charge is -2.27. The molecule has 1 aromatic rings. The van der Waals surface area contributed by atoms with Crippen molar-refractivity contribution in [1.29, 1.82) is 0 Å². The zero-order chi connectivity index (χ0) is 15.3. The summed E-state index contributed by atoms with van der Waals surface area (Å²) in [6.07, 6.45) is -0.574. The smallest absolute Gasteiger partial charge is 0.261 e. The normalized spacial score (nSPS) is 12.8. The van der Waals surface area contributed by atoms with Gasteiger partial charge in [-0.15, -0.1) is 0 Å². The predicted molar refractivity (Wildman–Crippen MR) is 83.1 cm³/mol. The maximum Gasteiger partial charge on any atom is 0.261 e. The summed E-state index contributed by atoms with van der Waals surface area (Å²) in [5.74, 6) is 1.18. The van der Waals surface area contributed by atoms with E-state index in [0.29, 0.717) is 22.6 Å². The van der Waals surface area contributed by atoms with E-state index in [1.807, 2.05) is 12.1 Å². The molecule has 0 aromatic heterocycles. The lowest BCUT2D eigenvalue weighted by Crippen LogP contribution is -2.47. The average molecular weight is 298 g/mol. The Kier molecular flexibility index (Phi) is 6.34. The molecule has 0 saturated heterocycles. The molecule has 0 saturated carbocycles. The van der Waals surface area contributed by atoms with E-state index in [4.69, 9.17) is 16.3 Å². The number of carbonyl (C=O) groups excluding carboxylic acids is 1. The van der Waals surface area contributed by atoms with Crippen LogP contribution in [-0.2, 0) is 4.79 Å². The van der Waals surface area contributed by atoms with Crippen molar-refractivity contribution in [3.63, 3.8) is 0 Å². The van der Waals surface area contributed by atoms with Crippen molar-refractivity contribution >= 4 is 17.5 Å². The van der Waals surface area contributed by atoms with E-state index in [1.165, 1.54) is 0 Å². The molecule has 0 fully saturated rings. The van der Waals surface area contributed by atoms with Gasteiger partial charge in [-0.05, 0) is 30.9 Å². The Morgan fingerprint density at radius 2 is 1.65 bits per heavy atom. The minimum absolute atomic E-state index is 0.114. The number of nitrogens with one attached hydrogen (secondary N) is 1. The van der Waals surface area contributed by atoms with E-state index < -0.39 is 6.10 Å². The van der Waals surface area contributed by atoms with Gasteiger partial charge in [0.2, 0.25) is 0 Å². The quantitative estimate of drug-likeness (QED) is 0.864. The van der Waals surface area contributed by atoms with Crippen LogP contribution in [0.5, 0.6) is 5.75 Å². The number of hydrogen-bond acceptors (Lipinski definition) is 2. The van der Waals surface area contributed by atoms with E-state index in [-0.39, 0.29) is 11.9 Å². The highest BCUT2D eigenvalue weighted by Gasteiger charge is 2.23. The summed E-state index contributed by atoms with van der Waals surface area (Å²) in [6.45, 7) is 10.1. The van der Waals surface area contributed by atoms with E-state index in [1.54, 1.807) is 19.1 Å². The number of benzene rings is 1. The van der Waals surface area contributed by atoms with Gasteiger partial charge in [-0.1, -0.05) is 51.4 Å². The summed E-state index contributed by atoms with van der Waals surface area (Å²) < 4.78 is 5.62. The maximum absolute atomic E-state index is 12.2. The number of halogens is 1. The first kappa shape index (κ1) is 16.8. The Labute approximate surface area is 126 Å². The molecule has 0 aliphatic carbocycles. The Balaban J connectivity index is 2.65. The lowest BCUT2D eigenvalue weighted by atomic mass is 9.93. The third-order valence-corrected chi connectivity index (χ3v) is 3.57. The molecule has 1 rings (SSSR count). The summed E-state index contributed by atoms with van der Waals surface area (Å²) >= 11 is 6.02. The second-order valence-electron chi connectivity index (χ2n) is 5.71. The second kappa shape index (κ2) is 7.53. The van der Waals surface area contributed by atoms with Crippen molar-refractivity contribution in [3.05, 3.63) is 29.3 Å². The molecule has 3 nitrogen and oxygen atoms in total. The van der Waals surface area contributed by atoms with Crippen molar-refractivity contribution in [1.82, 2.24) is 5.32 Å². The zero-order valence-corrected chi connectivity index (χ0v) is 13.6.